The molecule has 0 aliphatic carbocycles. The lowest BCUT2D eigenvalue weighted by Crippen LogP contribution is -1.83. The second kappa shape index (κ2) is 4.46. The standard InChI is InChI=1S/C15H13ClN2/c1-10-4-2-3-5-12(10)15-17-13-7-6-11(9-16)8-14(13)18-15/h2-8H,9H2,1H3,(H,17,18). The predicted octanol–water partition coefficient (Wildman–Crippen LogP) is 4.28. The van der Waals surface area contributed by atoms with E-state index in [1.807, 2.05) is 24.3 Å². The number of alkyl halides is 1. The predicted molar refractivity (Wildman–Crippen MR) is 75.8 cm³/mol. The summed E-state index contributed by atoms with van der Waals surface area (Å²) in [6.45, 7) is 2.09. The zero-order valence-electron chi connectivity index (χ0n) is 10.1. The molecular weight excluding hydrogens is 244 g/mol. The lowest BCUT2D eigenvalue weighted by Gasteiger charge is -2.00. The van der Waals surface area contributed by atoms with Gasteiger partial charge in [0.05, 0.1) is 11.0 Å². The highest BCUT2D eigenvalue weighted by atomic mass is 35.5. The fourth-order valence-electron chi connectivity index (χ4n) is 2.11. The zero-order valence-corrected chi connectivity index (χ0v) is 10.8. The second-order valence-electron chi connectivity index (χ2n) is 4.39. The summed E-state index contributed by atoms with van der Waals surface area (Å²) >= 11 is 5.84. The van der Waals surface area contributed by atoms with Crippen molar-refractivity contribution >= 4 is 22.6 Å². The van der Waals surface area contributed by atoms with Gasteiger partial charge in [-0.1, -0.05) is 30.3 Å². The SMILES string of the molecule is Cc1ccccc1-c1nc2ccc(CCl)cc2[nH]1. The Bertz CT molecular complexity index is 701. The number of aromatic amines is 1. The highest BCUT2D eigenvalue weighted by Crippen LogP contribution is 2.24. The van der Waals surface area contributed by atoms with Gasteiger partial charge in [-0.05, 0) is 30.2 Å². The lowest BCUT2D eigenvalue weighted by atomic mass is 10.1. The van der Waals surface area contributed by atoms with Crippen LogP contribution in [0.15, 0.2) is 42.5 Å². The van der Waals surface area contributed by atoms with E-state index in [-0.39, 0.29) is 0 Å². The Hall–Kier alpha value is -1.80. The summed E-state index contributed by atoms with van der Waals surface area (Å²) in [7, 11) is 0. The van der Waals surface area contributed by atoms with Gasteiger partial charge in [0, 0.05) is 11.4 Å². The van der Waals surface area contributed by atoms with E-state index >= 15 is 0 Å². The van der Waals surface area contributed by atoms with E-state index in [9.17, 15) is 0 Å². The molecule has 3 heteroatoms. The summed E-state index contributed by atoms with van der Waals surface area (Å²) in [6, 6.07) is 14.3. The molecule has 0 aliphatic heterocycles. The van der Waals surface area contributed by atoms with E-state index < -0.39 is 0 Å². The van der Waals surface area contributed by atoms with E-state index in [2.05, 4.69) is 35.1 Å². The van der Waals surface area contributed by atoms with Crippen LogP contribution < -0.4 is 0 Å². The first-order valence-corrected chi connectivity index (χ1v) is 6.42. The van der Waals surface area contributed by atoms with Gasteiger partial charge in [-0.15, -0.1) is 11.6 Å². The van der Waals surface area contributed by atoms with Gasteiger partial charge < -0.3 is 4.98 Å². The van der Waals surface area contributed by atoms with Crippen molar-refractivity contribution in [3.63, 3.8) is 0 Å². The van der Waals surface area contributed by atoms with Gasteiger partial charge in [0.2, 0.25) is 0 Å². The molecule has 2 aromatic carbocycles. The summed E-state index contributed by atoms with van der Waals surface area (Å²) in [5.41, 5.74) is 5.47. The van der Waals surface area contributed by atoms with Gasteiger partial charge in [0.25, 0.3) is 0 Å². The van der Waals surface area contributed by atoms with Gasteiger partial charge in [0.1, 0.15) is 5.82 Å². The van der Waals surface area contributed by atoms with Crippen LogP contribution in [0, 0.1) is 6.92 Å². The summed E-state index contributed by atoms with van der Waals surface area (Å²) in [5.74, 6) is 1.43. The molecule has 0 saturated heterocycles. The lowest BCUT2D eigenvalue weighted by molar-refractivity contribution is 1.31. The number of aryl methyl sites for hydroxylation is 1. The molecule has 0 unspecified atom stereocenters. The average molecular weight is 257 g/mol. The van der Waals surface area contributed by atoms with Crippen LogP contribution in [0.5, 0.6) is 0 Å². The fourth-order valence-corrected chi connectivity index (χ4v) is 2.27. The highest BCUT2D eigenvalue weighted by Gasteiger charge is 2.07. The molecule has 1 N–H and O–H groups in total. The van der Waals surface area contributed by atoms with E-state index in [0.29, 0.717) is 5.88 Å². The monoisotopic (exact) mass is 256 g/mol. The number of benzene rings is 2. The molecule has 3 rings (SSSR count). The maximum absolute atomic E-state index is 5.84. The number of hydrogen-bond acceptors (Lipinski definition) is 1. The smallest absolute Gasteiger partial charge is 0.138 e. The first-order valence-electron chi connectivity index (χ1n) is 5.88. The van der Waals surface area contributed by atoms with E-state index in [1.165, 1.54) is 5.56 Å². The molecule has 0 saturated carbocycles. The molecule has 0 bridgehead atoms. The molecule has 0 aliphatic rings. The van der Waals surface area contributed by atoms with Gasteiger partial charge >= 0.3 is 0 Å². The molecule has 0 atom stereocenters. The highest BCUT2D eigenvalue weighted by molar-refractivity contribution is 6.17. The van der Waals surface area contributed by atoms with Crippen molar-refractivity contribution in [3.05, 3.63) is 53.6 Å². The Morgan fingerprint density at radius 1 is 1.17 bits per heavy atom. The van der Waals surface area contributed by atoms with E-state index in [4.69, 9.17) is 11.6 Å². The molecule has 0 fully saturated rings. The second-order valence-corrected chi connectivity index (χ2v) is 4.65. The number of nitrogens with one attached hydrogen (secondary N) is 1. The normalized spacial score (nSPS) is 11.0. The molecule has 1 heterocycles. The maximum Gasteiger partial charge on any atom is 0.138 e. The molecule has 2 nitrogen and oxygen atoms in total. The Morgan fingerprint density at radius 2 is 2.00 bits per heavy atom. The Morgan fingerprint density at radius 3 is 2.78 bits per heavy atom. The first kappa shape index (κ1) is 11.3. The number of hydrogen-bond donors (Lipinski definition) is 1. The van der Waals surface area contributed by atoms with Crippen molar-refractivity contribution in [3.8, 4) is 11.4 Å². The average Bonchev–Trinajstić information content (AvgIpc) is 2.81. The Balaban J connectivity index is 2.17. The minimum Gasteiger partial charge on any atom is -0.338 e. The number of imidazole rings is 1. The maximum atomic E-state index is 5.84. The van der Waals surface area contributed by atoms with Crippen LogP contribution in [0.25, 0.3) is 22.4 Å². The Labute approximate surface area is 111 Å². The molecule has 3 aromatic rings. The molecular formula is C15H13ClN2. The first-order chi connectivity index (χ1) is 8.78. The number of halogens is 1. The number of nitrogens with zero attached hydrogens (tertiary/aromatic N) is 1. The number of rotatable bonds is 2. The minimum atomic E-state index is 0.522. The molecule has 0 amide bonds. The number of fused-ring (bicyclic) bond motifs is 1. The minimum absolute atomic E-state index is 0.522. The third-order valence-electron chi connectivity index (χ3n) is 3.10. The summed E-state index contributed by atoms with van der Waals surface area (Å²) in [5, 5.41) is 0. The van der Waals surface area contributed by atoms with Gasteiger partial charge in [-0.25, -0.2) is 4.98 Å². The van der Waals surface area contributed by atoms with Crippen LogP contribution in [0.4, 0.5) is 0 Å². The fraction of sp³-hybridized carbons (Fsp3) is 0.133. The summed E-state index contributed by atoms with van der Waals surface area (Å²) in [6.07, 6.45) is 0. The number of H-pyrrole nitrogens is 1. The third kappa shape index (κ3) is 1.89. The molecule has 0 radical (unpaired) electrons. The van der Waals surface area contributed by atoms with Crippen LogP contribution in [0.1, 0.15) is 11.1 Å². The van der Waals surface area contributed by atoms with Crippen LogP contribution in [-0.4, -0.2) is 9.97 Å². The van der Waals surface area contributed by atoms with E-state index in [1.54, 1.807) is 0 Å². The quantitative estimate of drug-likeness (QED) is 0.682. The molecule has 18 heavy (non-hydrogen) atoms. The summed E-state index contributed by atoms with van der Waals surface area (Å²) in [4.78, 5) is 7.98. The summed E-state index contributed by atoms with van der Waals surface area (Å²) < 4.78 is 0. The van der Waals surface area contributed by atoms with Crippen molar-refractivity contribution < 1.29 is 0 Å². The van der Waals surface area contributed by atoms with Crippen LogP contribution in [0.3, 0.4) is 0 Å². The number of aromatic nitrogens is 2. The van der Waals surface area contributed by atoms with Gasteiger partial charge in [-0.2, -0.15) is 0 Å². The Kier molecular flexibility index (Phi) is 2.80. The van der Waals surface area contributed by atoms with Crippen molar-refractivity contribution in [2.24, 2.45) is 0 Å². The van der Waals surface area contributed by atoms with Gasteiger partial charge in [0.15, 0.2) is 0 Å². The van der Waals surface area contributed by atoms with Crippen molar-refractivity contribution in [1.82, 2.24) is 9.97 Å². The van der Waals surface area contributed by atoms with Gasteiger partial charge in [-0.3, -0.25) is 0 Å². The largest absolute Gasteiger partial charge is 0.338 e. The van der Waals surface area contributed by atoms with Crippen LogP contribution >= 0.6 is 11.6 Å². The van der Waals surface area contributed by atoms with Crippen molar-refractivity contribution in [1.29, 1.82) is 0 Å². The molecule has 0 spiro atoms. The van der Waals surface area contributed by atoms with Crippen molar-refractivity contribution in [2.45, 2.75) is 12.8 Å². The third-order valence-corrected chi connectivity index (χ3v) is 3.41. The molecule has 90 valence electrons. The molecule has 1 aromatic heterocycles. The topological polar surface area (TPSA) is 28.7 Å². The van der Waals surface area contributed by atoms with Crippen molar-refractivity contribution in [2.75, 3.05) is 0 Å². The van der Waals surface area contributed by atoms with Crippen LogP contribution in [-0.2, 0) is 5.88 Å². The van der Waals surface area contributed by atoms with E-state index in [0.717, 1.165) is 28.0 Å². The van der Waals surface area contributed by atoms with Crippen LogP contribution in [0.2, 0.25) is 0 Å². The zero-order chi connectivity index (χ0) is 12.5.